The molecule has 1 aliphatic rings. The summed E-state index contributed by atoms with van der Waals surface area (Å²) in [6, 6.07) is 5.07. The van der Waals surface area contributed by atoms with Crippen molar-refractivity contribution >= 4 is 28.5 Å². The van der Waals surface area contributed by atoms with Gasteiger partial charge in [0.15, 0.2) is 5.82 Å². The van der Waals surface area contributed by atoms with E-state index in [0.717, 1.165) is 15.3 Å². The molecule has 0 saturated heterocycles. The maximum atomic E-state index is 16.6. The summed E-state index contributed by atoms with van der Waals surface area (Å²) in [6.45, 7) is 8.07. The van der Waals surface area contributed by atoms with Crippen LogP contribution in [-0.4, -0.2) is 43.8 Å². The number of benzene rings is 1. The number of hydrogen-bond acceptors (Lipinski definition) is 6. The first kappa shape index (κ1) is 29.0. The van der Waals surface area contributed by atoms with Crippen molar-refractivity contribution in [3.05, 3.63) is 72.3 Å². The SMILES string of the molecule is Cc1ccncc1-c1cc2ccncc2c(N(NC(=O)C2C(C)C2c2cnn(CC(F)F)c2)C(=O)OC(C)(C)C)c1F. The van der Waals surface area contributed by atoms with Crippen molar-refractivity contribution in [3.63, 3.8) is 0 Å². The third kappa shape index (κ3) is 5.79. The van der Waals surface area contributed by atoms with E-state index in [-0.39, 0.29) is 28.5 Å². The first-order valence-corrected chi connectivity index (χ1v) is 13.5. The minimum atomic E-state index is -2.57. The highest BCUT2D eigenvalue weighted by molar-refractivity contribution is 6.05. The minimum Gasteiger partial charge on any atom is -0.442 e. The van der Waals surface area contributed by atoms with E-state index in [1.165, 1.54) is 24.8 Å². The van der Waals surface area contributed by atoms with Crippen LogP contribution in [0.5, 0.6) is 0 Å². The largest absolute Gasteiger partial charge is 0.442 e. The number of ether oxygens (including phenoxy) is 1. The number of aryl methyl sites for hydroxylation is 1. The van der Waals surface area contributed by atoms with Crippen LogP contribution in [0.4, 0.5) is 23.7 Å². The van der Waals surface area contributed by atoms with Crippen LogP contribution >= 0.6 is 0 Å². The molecule has 0 bridgehead atoms. The lowest BCUT2D eigenvalue weighted by Gasteiger charge is -2.29. The molecule has 0 aliphatic heterocycles. The smallest absolute Gasteiger partial charge is 0.434 e. The number of anilines is 1. The Bertz CT molecular complexity index is 1650. The van der Waals surface area contributed by atoms with E-state index in [9.17, 15) is 18.4 Å². The fraction of sp³-hybridized carbons (Fsp3) is 0.367. The number of rotatable bonds is 6. The fourth-order valence-electron chi connectivity index (χ4n) is 5.21. The summed E-state index contributed by atoms with van der Waals surface area (Å²) < 4.78 is 48.9. The second-order valence-corrected chi connectivity index (χ2v) is 11.5. The molecule has 1 N–H and O–H groups in total. The molecule has 1 aromatic carbocycles. The monoisotopic (exact) mass is 580 g/mol. The zero-order valence-corrected chi connectivity index (χ0v) is 23.8. The van der Waals surface area contributed by atoms with Crippen molar-refractivity contribution in [2.45, 2.75) is 59.1 Å². The van der Waals surface area contributed by atoms with Gasteiger partial charge in [0.05, 0.1) is 12.1 Å². The summed E-state index contributed by atoms with van der Waals surface area (Å²) in [5.41, 5.74) is 3.50. The van der Waals surface area contributed by atoms with Crippen LogP contribution in [0.25, 0.3) is 21.9 Å². The summed E-state index contributed by atoms with van der Waals surface area (Å²) >= 11 is 0. The van der Waals surface area contributed by atoms with E-state index in [1.54, 1.807) is 51.4 Å². The van der Waals surface area contributed by atoms with Crippen LogP contribution in [0, 0.1) is 24.6 Å². The molecule has 1 fully saturated rings. The summed E-state index contributed by atoms with van der Waals surface area (Å²) in [5, 5.41) is 5.62. The molecule has 0 spiro atoms. The van der Waals surface area contributed by atoms with Crippen LogP contribution < -0.4 is 10.4 Å². The lowest BCUT2D eigenvalue weighted by Crippen LogP contribution is -2.50. The highest BCUT2D eigenvalue weighted by Crippen LogP contribution is 2.54. The average molecular weight is 581 g/mol. The van der Waals surface area contributed by atoms with Gasteiger partial charge < -0.3 is 4.74 Å². The van der Waals surface area contributed by atoms with Gasteiger partial charge in [0.1, 0.15) is 17.8 Å². The fourth-order valence-corrected chi connectivity index (χ4v) is 5.21. The molecule has 1 aliphatic carbocycles. The Kier molecular flexibility index (Phi) is 7.65. The zero-order chi connectivity index (χ0) is 30.3. The Hall–Kier alpha value is -4.48. The first-order chi connectivity index (χ1) is 19.9. The third-order valence-electron chi connectivity index (χ3n) is 7.25. The van der Waals surface area contributed by atoms with Gasteiger partial charge in [-0.05, 0) is 68.3 Å². The predicted octanol–water partition coefficient (Wildman–Crippen LogP) is 6.03. The normalized spacial score (nSPS) is 18.3. The van der Waals surface area contributed by atoms with Gasteiger partial charge in [0.25, 0.3) is 6.43 Å². The van der Waals surface area contributed by atoms with Crippen molar-refractivity contribution in [2.24, 2.45) is 11.8 Å². The number of halogens is 3. The second kappa shape index (κ2) is 11.1. The van der Waals surface area contributed by atoms with E-state index in [4.69, 9.17) is 4.74 Å². The van der Waals surface area contributed by atoms with E-state index in [2.05, 4.69) is 20.5 Å². The summed E-state index contributed by atoms with van der Waals surface area (Å²) in [4.78, 5) is 35.5. The van der Waals surface area contributed by atoms with Crippen LogP contribution in [0.1, 0.15) is 44.7 Å². The Balaban J connectivity index is 1.56. The lowest BCUT2D eigenvalue weighted by molar-refractivity contribution is -0.122. The molecule has 12 heteroatoms. The highest BCUT2D eigenvalue weighted by Gasteiger charge is 2.53. The van der Waals surface area contributed by atoms with Gasteiger partial charge in [0.2, 0.25) is 5.91 Å². The van der Waals surface area contributed by atoms with Crippen molar-refractivity contribution in [3.8, 4) is 11.1 Å². The van der Waals surface area contributed by atoms with Crippen LogP contribution in [-0.2, 0) is 16.1 Å². The van der Waals surface area contributed by atoms with Gasteiger partial charge in [-0.15, -0.1) is 0 Å². The Morgan fingerprint density at radius 2 is 1.83 bits per heavy atom. The number of aromatic nitrogens is 4. The lowest BCUT2D eigenvalue weighted by atomic mass is 9.98. The van der Waals surface area contributed by atoms with E-state index in [0.29, 0.717) is 16.5 Å². The average Bonchev–Trinajstić information content (AvgIpc) is 3.37. The number of fused-ring (bicyclic) bond motifs is 1. The molecule has 0 radical (unpaired) electrons. The zero-order valence-electron chi connectivity index (χ0n) is 23.8. The number of hydrogen-bond donors (Lipinski definition) is 1. The molecular weight excluding hydrogens is 549 g/mol. The summed E-state index contributed by atoms with van der Waals surface area (Å²) in [5.74, 6) is -2.44. The third-order valence-corrected chi connectivity index (χ3v) is 7.25. The molecule has 9 nitrogen and oxygen atoms in total. The maximum Gasteiger partial charge on any atom is 0.434 e. The number of alkyl halides is 2. The predicted molar refractivity (Wildman–Crippen MR) is 150 cm³/mol. The van der Waals surface area contributed by atoms with Crippen molar-refractivity contribution in [1.82, 2.24) is 25.2 Å². The molecule has 2 amide bonds. The standard InChI is InChI=1S/C30H31F3N6O3/c1-16-6-8-34-12-21(16)20-10-18-7-9-35-13-22(18)27(26(20)33)39(29(41)42-30(3,4)5)37-28(40)25-17(2)24(25)19-11-36-38(14-19)15-23(31)32/h6-14,17,23-25H,15H2,1-5H3,(H,37,40). The molecule has 220 valence electrons. The number of nitrogens with zero attached hydrogens (tertiary/aromatic N) is 5. The summed E-state index contributed by atoms with van der Waals surface area (Å²) in [7, 11) is 0. The molecule has 42 heavy (non-hydrogen) atoms. The Morgan fingerprint density at radius 3 is 2.52 bits per heavy atom. The molecule has 5 rings (SSSR count). The van der Waals surface area contributed by atoms with Gasteiger partial charge in [-0.25, -0.2) is 18.0 Å². The number of hydrazine groups is 1. The van der Waals surface area contributed by atoms with Crippen molar-refractivity contribution in [1.29, 1.82) is 0 Å². The Morgan fingerprint density at radius 1 is 1.12 bits per heavy atom. The second-order valence-electron chi connectivity index (χ2n) is 11.5. The van der Waals surface area contributed by atoms with Gasteiger partial charge in [-0.1, -0.05) is 6.92 Å². The van der Waals surface area contributed by atoms with Gasteiger partial charge in [-0.3, -0.25) is 24.9 Å². The Labute approximate surface area is 240 Å². The van der Waals surface area contributed by atoms with E-state index >= 15 is 4.39 Å². The molecule has 3 atom stereocenters. The molecule has 3 unspecified atom stereocenters. The number of carbonyl (C=O) groups excluding carboxylic acids is 2. The molecule has 3 aromatic heterocycles. The minimum absolute atomic E-state index is 0.178. The van der Waals surface area contributed by atoms with Crippen LogP contribution in [0.3, 0.4) is 0 Å². The topological polar surface area (TPSA) is 102 Å². The van der Waals surface area contributed by atoms with Gasteiger partial charge in [0, 0.05) is 53.4 Å². The number of amides is 2. The van der Waals surface area contributed by atoms with E-state index < -0.39 is 42.3 Å². The number of pyridine rings is 2. The number of nitrogens with one attached hydrogen (secondary N) is 1. The van der Waals surface area contributed by atoms with Crippen molar-refractivity contribution < 1.29 is 27.5 Å². The molecule has 4 aromatic rings. The molecule has 1 saturated carbocycles. The van der Waals surface area contributed by atoms with Crippen LogP contribution in [0.2, 0.25) is 0 Å². The van der Waals surface area contributed by atoms with Crippen LogP contribution in [0.15, 0.2) is 55.4 Å². The van der Waals surface area contributed by atoms with E-state index in [1.807, 2.05) is 13.8 Å². The molecular formula is C30H31F3N6O3. The maximum absolute atomic E-state index is 16.6. The molecule has 3 heterocycles. The highest BCUT2D eigenvalue weighted by atomic mass is 19.3. The van der Waals surface area contributed by atoms with Gasteiger partial charge in [-0.2, -0.15) is 10.1 Å². The van der Waals surface area contributed by atoms with Crippen molar-refractivity contribution in [2.75, 3.05) is 5.01 Å². The number of carbonyl (C=O) groups is 2. The first-order valence-electron chi connectivity index (χ1n) is 13.5. The quantitative estimate of drug-likeness (QED) is 0.280. The summed E-state index contributed by atoms with van der Waals surface area (Å²) in [6.07, 6.45) is 5.48. The van der Waals surface area contributed by atoms with Gasteiger partial charge >= 0.3 is 6.09 Å².